The van der Waals surface area contributed by atoms with Crippen LogP contribution in [0.25, 0.3) is 0 Å². The fourth-order valence-corrected chi connectivity index (χ4v) is 1.98. The van der Waals surface area contributed by atoms with E-state index < -0.39 is 0 Å². The highest BCUT2D eigenvalue weighted by molar-refractivity contribution is 9.10. The molecule has 0 bridgehead atoms. The highest BCUT2D eigenvalue weighted by Gasteiger charge is 2.17. The fourth-order valence-electron chi connectivity index (χ4n) is 1.76. The summed E-state index contributed by atoms with van der Waals surface area (Å²) in [6, 6.07) is 1.84. The maximum atomic E-state index is 11.8. The molecule has 1 aromatic heterocycles. The second-order valence-corrected chi connectivity index (χ2v) is 5.12. The van der Waals surface area contributed by atoms with Crippen molar-refractivity contribution in [2.45, 2.75) is 19.4 Å². The molecule has 1 aliphatic heterocycles. The van der Waals surface area contributed by atoms with Gasteiger partial charge in [0.15, 0.2) is 0 Å². The number of hydrogen-bond acceptors (Lipinski definition) is 4. The summed E-state index contributed by atoms with van der Waals surface area (Å²) in [5, 5.41) is 5.97. The van der Waals surface area contributed by atoms with Crippen molar-refractivity contribution in [3.8, 4) is 0 Å². The zero-order valence-electron chi connectivity index (χ0n) is 10.2. The summed E-state index contributed by atoms with van der Waals surface area (Å²) in [5.74, 6) is 0.502. The molecule has 2 N–H and O–H groups in total. The topological polar surface area (TPSA) is 63.2 Å². The predicted octanol–water partition coefficient (Wildman–Crippen LogP) is 1.47. The van der Waals surface area contributed by atoms with E-state index in [2.05, 4.69) is 31.5 Å². The number of pyridine rings is 1. The van der Waals surface area contributed by atoms with E-state index in [4.69, 9.17) is 4.74 Å². The number of aromatic nitrogens is 1. The molecular formula is C12H16BrN3O2. The van der Waals surface area contributed by atoms with Crippen molar-refractivity contribution in [2.75, 3.05) is 25.0 Å². The Morgan fingerprint density at radius 3 is 3.22 bits per heavy atom. The SMILES string of the molecule is Cc1cc(NC(=O)CC2CNCCO2)ncc1Br. The van der Waals surface area contributed by atoms with Gasteiger partial charge in [-0.25, -0.2) is 4.98 Å². The number of rotatable bonds is 3. The van der Waals surface area contributed by atoms with Crippen molar-refractivity contribution >= 4 is 27.7 Å². The van der Waals surface area contributed by atoms with Gasteiger partial charge >= 0.3 is 0 Å². The monoisotopic (exact) mass is 313 g/mol. The minimum atomic E-state index is -0.0714. The zero-order chi connectivity index (χ0) is 13.0. The third kappa shape index (κ3) is 3.76. The lowest BCUT2D eigenvalue weighted by Gasteiger charge is -2.22. The van der Waals surface area contributed by atoms with E-state index in [0.29, 0.717) is 18.8 Å². The van der Waals surface area contributed by atoms with Crippen LogP contribution in [0.15, 0.2) is 16.7 Å². The average Bonchev–Trinajstić information content (AvgIpc) is 2.35. The van der Waals surface area contributed by atoms with Crippen molar-refractivity contribution < 1.29 is 9.53 Å². The van der Waals surface area contributed by atoms with Crippen molar-refractivity contribution in [2.24, 2.45) is 0 Å². The van der Waals surface area contributed by atoms with Crippen LogP contribution in [0.3, 0.4) is 0 Å². The number of ether oxygens (including phenoxy) is 1. The van der Waals surface area contributed by atoms with Gasteiger partial charge in [-0.1, -0.05) is 0 Å². The number of aryl methyl sites for hydroxylation is 1. The van der Waals surface area contributed by atoms with Gasteiger partial charge in [-0.15, -0.1) is 0 Å². The van der Waals surface area contributed by atoms with Crippen molar-refractivity contribution in [1.29, 1.82) is 0 Å². The second-order valence-electron chi connectivity index (χ2n) is 4.27. The number of carbonyl (C=O) groups excluding carboxylic acids is 1. The van der Waals surface area contributed by atoms with E-state index in [9.17, 15) is 4.79 Å². The van der Waals surface area contributed by atoms with Gasteiger partial charge < -0.3 is 15.4 Å². The molecule has 2 heterocycles. The number of nitrogens with one attached hydrogen (secondary N) is 2. The Morgan fingerprint density at radius 2 is 2.56 bits per heavy atom. The molecule has 1 fully saturated rings. The molecule has 0 radical (unpaired) electrons. The van der Waals surface area contributed by atoms with E-state index in [-0.39, 0.29) is 12.0 Å². The molecular weight excluding hydrogens is 298 g/mol. The van der Waals surface area contributed by atoms with E-state index >= 15 is 0 Å². The quantitative estimate of drug-likeness (QED) is 0.887. The van der Waals surface area contributed by atoms with Crippen LogP contribution >= 0.6 is 15.9 Å². The first-order valence-corrected chi connectivity index (χ1v) is 6.69. The molecule has 0 aromatic carbocycles. The number of halogens is 1. The molecule has 2 rings (SSSR count). The normalized spacial score (nSPS) is 19.6. The van der Waals surface area contributed by atoms with Gasteiger partial charge in [0.1, 0.15) is 5.82 Å². The number of carbonyl (C=O) groups is 1. The Balaban J connectivity index is 1.88. The standard InChI is InChI=1S/C12H16BrN3O2/c1-8-4-11(15-7-10(8)13)16-12(17)5-9-6-14-2-3-18-9/h4,7,9,14H,2-3,5-6H2,1H3,(H,15,16,17). The average molecular weight is 314 g/mol. The van der Waals surface area contributed by atoms with Gasteiger partial charge in [0.05, 0.1) is 19.1 Å². The third-order valence-electron chi connectivity index (χ3n) is 2.73. The maximum Gasteiger partial charge on any atom is 0.228 e. The van der Waals surface area contributed by atoms with E-state index in [0.717, 1.165) is 23.1 Å². The minimum Gasteiger partial charge on any atom is -0.375 e. The van der Waals surface area contributed by atoms with Gasteiger partial charge in [-0.05, 0) is 34.5 Å². The second kappa shape index (κ2) is 6.26. The summed E-state index contributed by atoms with van der Waals surface area (Å²) >= 11 is 3.37. The van der Waals surface area contributed by atoms with E-state index in [1.165, 1.54) is 0 Å². The molecule has 98 valence electrons. The van der Waals surface area contributed by atoms with Crippen LogP contribution in [0, 0.1) is 6.92 Å². The van der Waals surface area contributed by atoms with E-state index in [1.807, 2.05) is 13.0 Å². The highest BCUT2D eigenvalue weighted by Crippen LogP contribution is 2.17. The van der Waals surface area contributed by atoms with Crippen LogP contribution in [-0.4, -0.2) is 36.7 Å². The Bertz CT molecular complexity index is 433. The number of nitrogens with zero attached hydrogens (tertiary/aromatic N) is 1. The molecule has 1 atom stereocenters. The van der Waals surface area contributed by atoms with Crippen molar-refractivity contribution in [1.82, 2.24) is 10.3 Å². The Hall–Kier alpha value is -0.980. The van der Waals surface area contributed by atoms with Crippen LogP contribution in [0.1, 0.15) is 12.0 Å². The van der Waals surface area contributed by atoms with Crippen LogP contribution in [0.5, 0.6) is 0 Å². The molecule has 6 heteroatoms. The molecule has 0 saturated carbocycles. The summed E-state index contributed by atoms with van der Waals surface area (Å²) < 4.78 is 6.41. The Morgan fingerprint density at radius 1 is 1.72 bits per heavy atom. The molecule has 18 heavy (non-hydrogen) atoms. The molecule has 1 saturated heterocycles. The molecule has 1 aromatic rings. The highest BCUT2D eigenvalue weighted by atomic mass is 79.9. The smallest absolute Gasteiger partial charge is 0.228 e. The first-order chi connectivity index (χ1) is 8.65. The third-order valence-corrected chi connectivity index (χ3v) is 3.56. The first-order valence-electron chi connectivity index (χ1n) is 5.89. The number of morpholine rings is 1. The molecule has 5 nitrogen and oxygen atoms in total. The molecule has 0 aliphatic carbocycles. The van der Waals surface area contributed by atoms with Crippen LogP contribution in [0.4, 0.5) is 5.82 Å². The minimum absolute atomic E-state index is 0.0460. The molecule has 1 amide bonds. The summed E-state index contributed by atoms with van der Waals surface area (Å²) in [6.07, 6.45) is 1.99. The predicted molar refractivity (Wildman–Crippen MR) is 72.5 cm³/mol. The zero-order valence-corrected chi connectivity index (χ0v) is 11.8. The van der Waals surface area contributed by atoms with E-state index in [1.54, 1.807) is 6.20 Å². The lowest BCUT2D eigenvalue weighted by molar-refractivity contribution is -0.119. The van der Waals surface area contributed by atoms with Crippen molar-refractivity contribution in [3.05, 3.63) is 22.3 Å². The number of anilines is 1. The number of amides is 1. The summed E-state index contributed by atoms with van der Waals surface area (Å²) in [7, 11) is 0. The lowest BCUT2D eigenvalue weighted by Crippen LogP contribution is -2.40. The van der Waals surface area contributed by atoms with Crippen molar-refractivity contribution in [3.63, 3.8) is 0 Å². The van der Waals surface area contributed by atoms with Gasteiger partial charge in [-0.3, -0.25) is 4.79 Å². The summed E-state index contributed by atoms with van der Waals surface area (Å²) in [4.78, 5) is 15.9. The molecule has 1 unspecified atom stereocenters. The largest absolute Gasteiger partial charge is 0.375 e. The van der Waals surface area contributed by atoms with Crippen LogP contribution < -0.4 is 10.6 Å². The Labute approximate surface area is 114 Å². The van der Waals surface area contributed by atoms with Gasteiger partial charge in [0.25, 0.3) is 0 Å². The van der Waals surface area contributed by atoms with Gasteiger partial charge in [0, 0.05) is 23.8 Å². The summed E-state index contributed by atoms with van der Waals surface area (Å²) in [6.45, 7) is 4.19. The molecule has 1 aliphatic rings. The van der Waals surface area contributed by atoms with Crippen LogP contribution in [0.2, 0.25) is 0 Å². The molecule has 0 spiro atoms. The first kappa shape index (κ1) is 13.5. The van der Waals surface area contributed by atoms with Gasteiger partial charge in [0.2, 0.25) is 5.91 Å². The van der Waals surface area contributed by atoms with Gasteiger partial charge in [-0.2, -0.15) is 0 Å². The Kier molecular flexibility index (Phi) is 4.68. The lowest BCUT2D eigenvalue weighted by atomic mass is 10.2. The fraction of sp³-hybridized carbons (Fsp3) is 0.500. The number of hydrogen-bond donors (Lipinski definition) is 2. The summed E-state index contributed by atoms with van der Waals surface area (Å²) in [5.41, 5.74) is 1.04. The maximum absolute atomic E-state index is 11.8. The van der Waals surface area contributed by atoms with Crippen LogP contribution in [-0.2, 0) is 9.53 Å².